The number of nitrogens with one attached hydrogen (secondary N) is 1. The van der Waals surface area contributed by atoms with Gasteiger partial charge in [-0.2, -0.15) is 0 Å². The molecule has 96 valence electrons. The largest absolute Gasteiger partial charge is 0.380 e. The first kappa shape index (κ1) is 14.1. The van der Waals surface area contributed by atoms with Crippen LogP contribution in [0.5, 0.6) is 0 Å². The van der Waals surface area contributed by atoms with E-state index in [0.717, 1.165) is 6.07 Å². The quantitative estimate of drug-likeness (QED) is 0.858. The zero-order valence-electron chi connectivity index (χ0n) is 10.6. The van der Waals surface area contributed by atoms with Crippen LogP contribution in [0, 0.1) is 11.6 Å². The number of hydrogen-bond donors (Lipinski definition) is 1. The van der Waals surface area contributed by atoms with Crippen molar-refractivity contribution in [3.63, 3.8) is 0 Å². The van der Waals surface area contributed by atoms with Gasteiger partial charge in [-0.3, -0.25) is 0 Å². The normalized spacial score (nSPS) is 16.6. The van der Waals surface area contributed by atoms with Gasteiger partial charge in [0.15, 0.2) is 0 Å². The zero-order valence-corrected chi connectivity index (χ0v) is 10.6. The van der Waals surface area contributed by atoms with Crippen LogP contribution in [0.25, 0.3) is 0 Å². The molecule has 0 fully saturated rings. The Morgan fingerprint density at radius 1 is 1.18 bits per heavy atom. The van der Waals surface area contributed by atoms with Crippen molar-refractivity contribution < 1.29 is 13.5 Å². The van der Waals surface area contributed by atoms with E-state index >= 15 is 0 Å². The fourth-order valence-electron chi connectivity index (χ4n) is 1.68. The Bertz CT molecular complexity index is 370. The van der Waals surface area contributed by atoms with Gasteiger partial charge in [-0.15, -0.1) is 0 Å². The van der Waals surface area contributed by atoms with E-state index in [1.165, 1.54) is 12.1 Å². The minimum atomic E-state index is -0.559. The van der Waals surface area contributed by atoms with Gasteiger partial charge < -0.3 is 10.1 Å². The van der Waals surface area contributed by atoms with Crippen LogP contribution < -0.4 is 5.32 Å². The minimum Gasteiger partial charge on any atom is -0.380 e. The molecule has 0 saturated heterocycles. The monoisotopic (exact) mass is 243 g/mol. The first-order valence-corrected chi connectivity index (χ1v) is 5.69. The van der Waals surface area contributed by atoms with Gasteiger partial charge in [0.05, 0.1) is 6.10 Å². The summed E-state index contributed by atoms with van der Waals surface area (Å²) < 4.78 is 31.5. The highest BCUT2D eigenvalue weighted by Crippen LogP contribution is 2.18. The number of rotatable bonds is 5. The van der Waals surface area contributed by atoms with Crippen molar-refractivity contribution in [1.82, 2.24) is 5.32 Å². The second-order valence-electron chi connectivity index (χ2n) is 4.28. The van der Waals surface area contributed by atoms with E-state index < -0.39 is 11.6 Å². The van der Waals surface area contributed by atoms with Gasteiger partial charge in [0, 0.05) is 30.8 Å². The molecule has 0 saturated carbocycles. The number of benzene rings is 1. The summed E-state index contributed by atoms with van der Waals surface area (Å²) in [5.41, 5.74) is 0.460. The molecule has 2 nitrogen and oxygen atoms in total. The van der Waals surface area contributed by atoms with Crippen molar-refractivity contribution in [3.8, 4) is 0 Å². The van der Waals surface area contributed by atoms with Gasteiger partial charge in [0.1, 0.15) is 11.6 Å². The molecule has 1 N–H and O–H groups in total. The van der Waals surface area contributed by atoms with Crippen LogP contribution in [-0.2, 0) is 4.74 Å². The van der Waals surface area contributed by atoms with Gasteiger partial charge >= 0.3 is 0 Å². The fourth-order valence-corrected chi connectivity index (χ4v) is 1.68. The lowest BCUT2D eigenvalue weighted by Gasteiger charge is -2.24. The average Bonchev–Trinajstić information content (AvgIpc) is 2.27. The summed E-state index contributed by atoms with van der Waals surface area (Å²) in [5, 5.41) is 3.22. The van der Waals surface area contributed by atoms with Gasteiger partial charge in [-0.1, -0.05) is 6.07 Å². The average molecular weight is 243 g/mol. The summed E-state index contributed by atoms with van der Waals surface area (Å²) >= 11 is 0. The molecular weight excluding hydrogens is 224 g/mol. The second kappa shape index (κ2) is 6.07. The third kappa shape index (κ3) is 3.75. The Balaban J connectivity index is 2.72. The van der Waals surface area contributed by atoms with E-state index in [1.807, 2.05) is 20.8 Å². The molecule has 0 amide bonds. The molecule has 1 aromatic carbocycles. The summed E-state index contributed by atoms with van der Waals surface area (Å²) in [5.74, 6) is -1.08. The molecule has 0 aliphatic heterocycles. The molecule has 0 aliphatic carbocycles. The Kier molecular flexibility index (Phi) is 5.02. The van der Waals surface area contributed by atoms with Gasteiger partial charge in [0.2, 0.25) is 0 Å². The highest BCUT2D eigenvalue weighted by molar-refractivity contribution is 5.21. The van der Waals surface area contributed by atoms with Crippen molar-refractivity contribution in [1.29, 1.82) is 0 Å². The third-order valence-corrected chi connectivity index (χ3v) is 3.02. The highest BCUT2D eigenvalue weighted by atomic mass is 19.1. The molecule has 0 spiro atoms. The van der Waals surface area contributed by atoms with E-state index in [2.05, 4.69) is 5.32 Å². The van der Waals surface area contributed by atoms with Crippen LogP contribution in [0.4, 0.5) is 8.78 Å². The first-order chi connectivity index (χ1) is 7.95. The van der Waals surface area contributed by atoms with Gasteiger partial charge in [-0.25, -0.2) is 8.78 Å². The second-order valence-corrected chi connectivity index (χ2v) is 4.28. The molecule has 1 rings (SSSR count). The molecule has 17 heavy (non-hydrogen) atoms. The van der Waals surface area contributed by atoms with Crippen molar-refractivity contribution in [2.24, 2.45) is 0 Å². The summed E-state index contributed by atoms with van der Waals surface area (Å²) in [4.78, 5) is 0. The molecule has 0 aromatic heterocycles. The van der Waals surface area contributed by atoms with E-state index in [-0.39, 0.29) is 18.2 Å². The standard InChI is InChI=1S/C13H19F2NO/c1-8(10(3)17-4)16-9(2)12-6-5-11(14)7-13(12)15/h5-10,16H,1-4H3. The number of halogens is 2. The summed E-state index contributed by atoms with van der Waals surface area (Å²) in [6.45, 7) is 5.74. The highest BCUT2D eigenvalue weighted by Gasteiger charge is 2.17. The van der Waals surface area contributed by atoms with Crippen LogP contribution in [0.1, 0.15) is 32.4 Å². The smallest absolute Gasteiger partial charge is 0.130 e. The Hall–Kier alpha value is -1.00. The lowest BCUT2D eigenvalue weighted by molar-refractivity contribution is 0.0850. The molecule has 0 aliphatic rings. The van der Waals surface area contributed by atoms with E-state index in [9.17, 15) is 8.78 Å². The molecule has 0 bridgehead atoms. The maximum atomic E-state index is 13.5. The van der Waals surface area contributed by atoms with E-state index in [1.54, 1.807) is 7.11 Å². The predicted octanol–water partition coefficient (Wildman–Crippen LogP) is 3.04. The Morgan fingerprint density at radius 2 is 1.82 bits per heavy atom. The first-order valence-electron chi connectivity index (χ1n) is 5.69. The molecule has 3 atom stereocenters. The molecular formula is C13H19F2NO. The van der Waals surface area contributed by atoms with E-state index in [0.29, 0.717) is 5.56 Å². The summed E-state index contributed by atoms with van der Waals surface area (Å²) in [6.07, 6.45) is 0.0287. The number of hydrogen-bond acceptors (Lipinski definition) is 2. The van der Waals surface area contributed by atoms with E-state index in [4.69, 9.17) is 4.74 Å². The van der Waals surface area contributed by atoms with Crippen LogP contribution in [0.3, 0.4) is 0 Å². The summed E-state index contributed by atoms with van der Waals surface area (Å²) in [7, 11) is 1.63. The molecule has 0 heterocycles. The lowest BCUT2D eigenvalue weighted by atomic mass is 10.1. The Morgan fingerprint density at radius 3 is 2.35 bits per heavy atom. The number of ether oxygens (including phenoxy) is 1. The zero-order chi connectivity index (χ0) is 13.0. The maximum Gasteiger partial charge on any atom is 0.130 e. The van der Waals surface area contributed by atoms with Crippen LogP contribution in [0.15, 0.2) is 18.2 Å². The van der Waals surface area contributed by atoms with Crippen molar-refractivity contribution in [2.75, 3.05) is 7.11 Å². The predicted molar refractivity (Wildman–Crippen MR) is 63.8 cm³/mol. The minimum absolute atomic E-state index is 0.0287. The molecule has 1 aromatic rings. The molecule has 0 radical (unpaired) electrons. The van der Waals surface area contributed by atoms with Crippen LogP contribution >= 0.6 is 0 Å². The van der Waals surface area contributed by atoms with Crippen molar-refractivity contribution >= 4 is 0 Å². The summed E-state index contributed by atoms with van der Waals surface area (Å²) in [6, 6.07) is 3.52. The molecule has 3 unspecified atom stereocenters. The van der Waals surface area contributed by atoms with Crippen LogP contribution in [0.2, 0.25) is 0 Å². The SMILES string of the molecule is COC(C)C(C)NC(C)c1ccc(F)cc1F. The third-order valence-electron chi connectivity index (χ3n) is 3.02. The topological polar surface area (TPSA) is 21.3 Å². The molecule has 4 heteroatoms. The van der Waals surface area contributed by atoms with Gasteiger partial charge in [-0.05, 0) is 26.8 Å². The number of methoxy groups -OCH3 is 1. The van der Waals surface area contributed by atoms with Crippen molar-refractivity contribution in [3.05, 3.63) is 35.4 Å². The Labute approximate surface area is 101 Å². The van der Waals surface area contributed by atoms with Crippen LogP contribution in [-0.4, -0.2) is 19.3 Å². The lowest BCUT2D eigenvalue weighted by Crippen LogP contribution is -2.38. The van der Waals surface area contributed by atoms with Gasteiger partial charge in [0.25, 0.3) is 0 Å². The van der Waals surface area contributed by atoms with Crippen molar-refractivity contribution in [2.45, 2.75) is 39.0 Å². The fraction of sp³-hybridized carbons (Fsp3) is 0.538. The maximum absolute atomic E-state index is 13.5.